The zero-order valence-electron chi connectivity index (χ0n) is 42.6. The summed E-state index contributed by atoms with van der Waals surface area (Å²) in [5.41, 5.74) is 4.57. The number of allylic oxidation sites excluding steroid dienone is 14. The number of aliphatic hydroxyl groups excluding tert-OH is 2. The second-order valence-corrected chi connectivity index (χ2v) is 20.4. The number of nitrogens with zero attached hydrogens (tertiary/aromatic N) is 2. The maximum atomic E-state index is 12.9. The van der Waals surface area contributed by atoms with E-state index in [9.17, 15) is 48.3 Å². The van der Waals surface area contributed by atoms with E-state index in [1.54, 1.807) is 12.2 Å². The molecule has 2 unspecified atom stereocenters. The lowest BCUT2D eigenvalue weighted by Crippen LogP contribution is -2.36. The van der Waals surface area contributed by atoms with Crippen molar-refractivity contribution in [2.24, 2.45) is 0 Å². The van der Waals surface area contributed by atoms with E-state index in [0.29, 0.717) is 38.5 Å². The molecule has 21 heteroatoms. The van der Waals surface area contributed by atoms with Crippen molar-refractivity contribution < 1.29 is 71.1 Å². The molecule has 0 aromatic carbocycles. The molecular formula is C52H81N3O16P2. The average molecular weight is 1070 g/mol. The molecule has 2 heterocycles. The van der Waals surface area contributed by atoms with Crippen LogP contribution in [0.4, 0.5) is 5.82 Å². The number of nitrogens with two attached hydrogens (primary N) is 1. The number of nitrogen functional groups attached to an aromatic ring is 1. The van der Waals surface area contributed by atoms with E-state index in [-0.39, 0.29) is 24.4 Å². The topological polar surface area (TPSA) is 283 Å². The quantitative estimate of drug-likeness (QED) is 0.0102. The zero-order valence-corrected chi connectivity index (χ0v) is 44.4. The first-order valence-electron chi connectivity index (χ1n) is 25.6. The molecule has 0 bridgehead atoms. The number of carbonyl (C=O) groups excluding carboxylic acids is 3. The Bertz CT molecular complexity index is 2120. The van der Waals surface area contributed by atoms with Crippen LogP contribution in [0.25, 0.3) is 0 Å². The van der Waals surface area contributed by atoms with Gasteiger partial charge in [0.1, 0.15) is 30.7 Å². The van der Waals surface area contributed by atoms with Gasteiger partial charge in [-0.25, -0.2) is 13.9 Å². The molecule has 2 rings (SSSR count). The van der Waals surface area contributed by atoms with Crippen molar-refractivity contribution in [3.05, 3.63) is 108 Å². The van der Waals surface area contributed by atoms with Crippen LogP contribution >= 0.6 is 15.6 Å². The average Bonchev–Trinajstić information content (AvgIpc) is 3.62. The first kappa shape index (κ1) is 64.7. The largest absolute Gasteiger partial charge is 0.481 e. The summed E-state index contributed by atoms with van der Waals surface area (Å²) in [6.45, 7) is 1.88. The van der Waals surface area contributed by atoms with Gasteiger partial charge in [-0.2, -0.15) is 9.29 Å². The van der Waals surface area contributed by atoms with Crippen molar-refractivity contribution in [3.63, 3.8) is 0 Å². The number of anilines is 1. The molecule has 73 heavy (non-hydrogen) atoms. The van der Waals surface area contributed by atoms with Crippen molar-refractivity contribution in [1.29, 1.82) is 0 Å². The van der Waals surface area contributed by atoms with E-state index in [4.69, 9.17) is 29.0 Å². The van der Waals surface area contributed by atoms with E-state index in [2.05, 4.69) is 65.7 Å². The number of aromatic nitrogens is 2. The van der Waals surface area contributed by atoms with Crippen LogP contribution in [0.15, 0.2) is 102 Å². The number of aliphatic hydroxyl groups is 2. The number of phosphoric ester groups is 2. The maximum Gasteiger partial charge on any atom is 0.481 e. The highest BCUT2D eigenvalue weighted by Gasteiger charge is 2.46. The number of phosphoric acid groups is 2. The van der Waals surface area contributed by atoms with Gasteiger partial charge >= 0.3 is 33.3 Å². The molecule has 1 saturated heterocycles. The summed E-state index contributed by atoms with van der Waals surface area (Å²) in [6, 6.07) is 1.23. The van der Waals surface area contributed by atoms with Gasteiger partial charge in [0.2, 0.25) is 0 Å². The summed E-state index contributed by atoms with van der Waals surface area (Å²) >= 11 is 0. The highest BCUT2D eigenvalue weighted by atomic mass is 31.3. The van der Waals surface area contributed by atoms with Gasteiger partial charge in [-0.15, -0.1) is 0 Å². The highest BCUT2D eigenvalue weighted by Crippen LogP contribution is 2.60. The minimum atomic E-state index is -5.47. The Kier molecular flexibility index (Phi) is 34.7. The third kappa shape index (κ3) is 31.8. The second kappa shape index (κ2) is 39.1. The predicted octanol–water partition coefficient (Wildman–Crippen LogP) is 9.84. The Hall–Kier alpha value is -4.39. The third-order valence-corrected chi connectivity index (χ3v) is 13.5. The van der Waals surface area contributed by atoms with E-state index < -0.39 is 83.7 Å². The Morgan fingerprint density at radius 1 is 0.699 bits per heavy atom. The Balaban J connectivity index is 1.86. The van der Waals surface area contributed by atoms with Crippen molar-refractivity contribution in [2.75, 3.05) is 25.6 Å². The molecule has 410 valence electrons. The fourth-order valence-electron chi connectivity index (χ4n) is 6.92. The number of rotatable bonds is 41. The van der Waals surface area contributed by atoms with Crippen molar-refractivity contribution in [2.45, 2.75) is 179 Å². The van der Waals surface area contributed by atoms with E-state index in [0.717, 1.165) is 68.6 Å². The third-order valence-electron chi connectivity index (χ3n) is 10.9. The molecule has 0 spiro atoms. The molecule has 7 atom stereocenters. The second-order valence-electron chi connectivity index (χ2n) is 17.3. The number of esters is 2. The van der Waals surface area contributed by atoms with E-state index in [1.807, 2.05) is 30.4 Å². The number of ketones is 1. The summed E-state index contributed by atoms with van der Waals surface area (Å²) in [7, 11) is -10.9. The molecule has 1 aliphatic rings. The smallest absolute Gasteiger partial charge is 0.462 e. The van der Waals surface area contributed by atoms with Gasteiger partial charge in [0, 0.05) is 25.5 Å². The van der Waals surface area contributed by atoms with Gasteiger partial charge in [-0.3, -0.25) is 28.0 Å². The van der Waals surface area contributed by atoms with Crippen molar-refractivity contribution >= 4 is 39.2 Å². The van der Waals surface area contributed by atoms with Gasteiger partial charge in [0.25, 0.3) is 0 Å². The van der Waals surface area contributed by atoms with Gasteiger partial charge < -0.3 is 39.9 Å². The van der Waals surface area contributed by atoms with Gasteiger partial charge in [0.15, 0.2) is 18.1 Å². The minimum Gasteiger partial charge on any atom is -0.462 e. The molecule has 0 radical (unpaired) electrons. The molecule has 0 amide bonds. The number of unbranched alkanes of at least 4 members (excludes halogenated alkanes) is 10. The standard InChI is InChI=1S/C52H81N3O16P2/c1-3-5-7-9-11-12-13-14-15-16-17-18-19-20-21-22-24-28-32-36-47(57)66-40-44(69-48(58)37-33-29-25-27-31-35-43(56)34-30-26-23-10-8-6-4-2)41-67-72(62,63)71-73(64,65)68-42-45-49(59)50(60)51(70-45)55-39-38-46(53)54-52(55)61/h11-12,14-15,17-18,20-21,23-24,26,28,30,34,38-39,44-45,49-51,59-60H,3-10,13,16,19,22,25,27,29,31-33,35-37,40-42H2,1-2H3,(H,62,63)(H,64,65)(H2,53,54,61)/b12-11-,15-14-,18-17-,21-20-,26-23-,28-24-,34-30+/t44-,45-,49-,50-,51-/m1/s1. The molecule has 19 nitrogen and oxygen atoms in total. The normalized spacial score (nSPS) is 19.6. The van der Waals surface area contributed by atoms with E-state index >= 15 is 0 Å². The fourth-order valence-corrected chi connectivity index (χ4v) is 9.03. The summed E-state index contributed by atoms with van der Waals surface area (Å²) in [5.74, 6) is -1.46. The van der Waals surface area contributed by atoms with Gasteiger partial charge in [0.05, 0.1) is 13.2 Å². The van der Waals surface area contributed by atoms with Crippen LogP contribution in [0.5, 0.6) is 0 Å². The number of carbonyl (C=O) groups is 3. The predicted molar refractivity (Wildman–Crippen MR) is 280 cm³/mol. The van der Waals surface area contributed by atoms with Crippen LogP contribution in [-0.4, -0.2) is 91.5 Å². The maximum absolute atomic E-state index is 12.9. The van der Waals surface area contributed by atoms with E-state index in [1.165, 1.54) is 31.7 Å². The lowest BCUT2D eigenvalue weighted by Gasteiger charge is -2.21. The zero-order chi connectivity index (χ0) is 53.6. The Labute approximate surface area is 431 Å². The number of hydrogen-bond donors (Lipinski definition) is 5. The molecule has 0 saturated carbocycles. The van der Waals surface area contributed by atoms with Gasteiger partial charge in [-0.05, 0) is 82.8 Å². The summed E-state index contributed by atoms with van der Waals surface area (Å²) < 4.78 is 56.6. The molecule has 6 N–H and O–H groups in total. The van der Waals surface area contributed by atoms with Crippen LogP contribution in [0.3, 0.4) is 0 Å². The summed E-state index contributed by atoms with van der Waals surface area (Å²) in [4.78, 5) is 74.0. The summed E-state index contributed by atoms with van der Waals surface area (Å²) in [6.07, 6.45) is 37.9. The number of hydrogen-bond acceptors (Lipinski definition) is 16. The first-order valence-corrected chi connectivity index (χ1v) is 28.5. The van der Waals surface area contributed by atoms with Crippen molar-refractivity contribution in [3.8, 4) is 0 Å². The van der Waals surface area contributed by atoms with Crippen LogP contribution in [0.1, 0.15) is 155 Å². The SMILES string of the molecule is CCCCC/C=C\C=C\C(=O)CCCCCCCC(=O)O[C@H](COC(=O)CC/C=C\C/C=C\C/C=C\C/C=C\C/C=C\CCCCC)COP(=O)(O)OP(=O)(O)OC[C@H]1O[C@@H](n2ccc(N)nc2=O)[C@H](O)[C@@H]1O. The lowest BCUT2D eigenvalue weighted by molar-refractivity contribution is -0.161. The van der Waals surface area contributed by atoms with Crippen LogP contribution in [0.2, 0.25) is 0 Å². The van der Waals surface area contributed by atoms with Crippen LogP contribution in [-0.2, 0) is 51.1 Å². The molecule has 1 aromatic heterocycles. The van der Waals surface area contributed by atoms with Crippen LogP contribution < -0.4 is 11.4 Å². The fraction of sp³-hybridized carbons (Fsp3) is 0.596. The summed E-state index contributed by atoms with van der Waals surface area (Å²) in [5, 5.41) is 20.9. The molecule has 1 aromatic rings. The number of ether oxygens (including phenoxy) is 3. The van der Waals surface area contributed by atoms with Gasteiger partial charge in [-0.1, -0.05) is 138 Å². The lowest BCUT2D eigenvalue weighted by atomic mass is 10.1. The first-order chi connectivity index (χ1) is 35.1. The highest BCUT2D eigenvalue weighted by molar-refractivity contribution is 7.61. The molecular weight excluding hydrogens is 985 g/mol. The van der Waals surface area contributed by atoms with Crippen molar-refractivity contribution in [1.82, 2.24) is 9.55 Å². The minimum absolute atomic E-state index is 0.0257. The Morgan fingerprint density at radius 2 is 1.26 bits per heavy atom. The Morgan fingerprint density at radius 3 is 1.88 bits per heavy atom. The molecule has 1 aliphatic heterocycles. The monoisotopic (exact) mass is 1070 g/mol. The molecule has 1 fully saturated rings. The van der Waals surface area contributed by atoms with Crippen LogP contribution in [0, 0.1) is 0 Å². The molecule has 0 aliphatic carbocycles.